The molecule has 0 aromatic heterocycles. The van der Waals surface area contributed by atoms with E-state index in [1.807, 2.05) is 0 Å². The summed E-state index contributed by atoms with van der Waals surface area (Å²) in [5.74, 6) is -0.933. The molecule has 2 saturated carbocycles. The molecule has 2 aliphatic rings. The zero-order chi connectivity index (χ0) is 13.2. The van der Waals surface area contributed by atoms with Crippen molar-refractivity contribution in [3.05, 3.63) is 0 Å². The van der Waals surface area contributed by atoms with Crippen LogP contribution in [0.1, 0.15) is 51.9 Å². The van der Waals surface area contributed by atoms with Gasteiger partial charge >= 0.3 is 12.0 Å². The number of aliphatic carboxylic acids is 1. The highest BCUT2D eigenvalue weighted by atomic mass is 16.4. The van der Waals surface area contributed by atoms with Crippen molar-refractivity contribution in [2.45, 2.75) is 63.5 Å². The third kappa shape index (κ3) is 3.15. The Balaban J connectivity index is 1.71. The predicted molar refractivity (Wildman–Crippen MR) is 67.3 cm³/mol. The number of nitrogens with one attached hydrogen (secondary N) is 2. The normalized spacial score (nSPS) is 29.4. The molecule has 5 heteroatoms. The van der Waals surface area contributed by atoms with Gasteiger partial charge in [0.05, 0.1) is 5.92 Å². The van der Waals surface area contributed by atoms with Gasteiger partial charge in [0.1, 0.15) is 0 Å². The first-order chi connectivity index (χ1) is 8.54. The van der Waals surface area contributed by atoms with Crippen LogP contribution >= 0.6 is 0 Å². The molecule has 2 amide bonds. The fourth-order valence-corrected chi connectivity index (χ4v) is 2.66. The first-order valence-corrected chi connectivity index (χ1v) is 6.86. The number of urea groups is 1. The molecule has 0 aromatic rings. The molecule has 2 rings (SSSR count). The average Bonchev–Trinajstić information content (AvgIpc) is 3.10. The van der Waals surface area contributed by atoms with Crippen molar-refractivity contribution in [2.75, 3.05) is 0 Å². The predicted octanol–water partition coefficient (Wildman–Crippen LogP) is 1.87. The van der Waals surface area contributed by atoms with E-state index in [2.05, 4.69) is 17.6 Å². The molecule has 0 aliphatic heterocycles. The van der Waals surface area contributed by atoms with Gasteiger partial charge in [0.25, 0.3) is 0 Å². The van der Waals surface area contributed by atoms with Gasteiger partial charge in [-0.05, 0) is 44.9 Å². The van der Waals surface area contributed by atoms with Crippen molar-refractivity contribution >= 4 is 12.0 Å². The van der Waals surface area contributed by atoms with Crippen molar-refractivity contribution in [3.63, 3.8) is 0 Å². The Morgan fingerprint density at radius 3 is 2.28 bits per heavy atom. The zero-order valence-corrected chi connectivity index (χ0v) is 10.9. The largest absolute Gasteiger partial charge is 0.481 e. The van der Waals surface area contributed by atoms with Crippen LogP contribution in [0.25, 0.3) is 0 Å². The maximum Gasteiger partial charge on any atom is 0.315 e. The molecule has 0 aromatic carbocycles. The van der Waals surface area contributed by atoms with Crippen LogP contribution in [-0.2, 0) is 4.79 Å². The lowest BCUT2D eigenvalue weighted by Gasteiger charge is -2.27. The van der Waals surface area contributed by atoms with E-state index in [9.17, 15) is 9.59 Å². The summed E-state index contributed by atoms with van der Waals surface area (Å²) in [6.45, 7) is 2.09. The zero-order valence-electron chi connectivity index (χ0n) is 10.9. The van der Waals surface area contributed by atoms with Crippen LogP contribution in [-0.4, -0.2) is 28.7 Å². The lowest BCUT2D eigenvalue weighted by molar-refractivity contribution is -0.142. The maximum absolute atomic E-state index is 11.8. The number of carboxylic acid groups (broad SMARTS) is 1. The minimum Gasteiger partial charge on any atom is -0.481 e. The highest BCUT2D eigenvalue weighted by Crippen LogP contribution is 2.38. The maximum atomic E-state index is 11.8. The number of rotatable bonds is 4. The van der Waals surface area contributed by atoms with Gasteiger partial charge in [-0.3, -0.25) is 4.79 Å². The van der Waals surface area contributed by atoms with E-state index < -0.39 is 5.97 Å². The van der Waals surface area contributed by atoms with Gasteiger partial charge in [-0.1, -0.05) is 6.92 Å². The SMILES string of the molecule is CCC1(NC(=O)NC2CCC(C(=O)O)CC2)CC1. The van der Waals surface area contributed by atoms with E-state index >= 15 is 0 Å². The number of hydrogen-bond acceptors (Lipinski definition) is 2. The molecule has 2 aliphatic carbocycles. The number of carbonyl (C=O) groups is 2. The number of carbonyl (C=O) groups excluding carboxylic acids is 1. The molecule has 3 N–H and O–H groups in total. The van der Waals surface area contributed by atoms with E-state index in [-0.39, 0.29) is 23.5 Å². The molecule has 0 saturated heterocycles. The van der Waals surface area contributed by atoms with Crippen molar-refractivity contribution in [1.82, 2.24) is 10.6 Å². The smallest absolute Gasteiger partial charge is 0.315 e. The minimum absolute atomic E-state index is 0.0440. The standard InChI is InChI=1S/C13H22N2O3/c1-2-13(7-8-13)15-12(18)14-10-5-3-9(4-6-10)11(16)17/h9-10H,2-8H2,1H3,(H,16,17)(H2,14,15,18). The van der Waals surface area contributed by atoms with Gasteiger partial charge in [-0.2, -0.15) is 0 Å². The summed E-state index contributed by atoms with van der Waals surface area (Å²) in [6.07, 6.45) is 5.99. The van der Waals surface area contributed by atoms with E-state index in [1.165, 1.54) is 0 Å². The lowest BCUT2D eigenvalue weighted by atomic mass is 9.86. The summed E-state index contributed by atoms with van der Waals surface area (Å²) in [7, 11) is 0. The summed E-state index contributed by atoms with van der Waals surface area (Å²) in [5, 5.41) is 14.9. The molecule has 102 valence electrons. The molecular weight excluding hydrogens is 232 g/mol. The van der Waals surface area contributed by atoms with Gasteiger partial charge in [0.2, 0.25) is 0 Å². The molecular formula is C13H22N2O3. The van der Waals surface area contributed by atoms with Crippen molar-refractivity contribution in [2.24, 2.45) is 5.92 Å². The Hall–Kier alpha value is -1.26. The molecule has 0 bridgehead atoms. The molecule has 0 unspecified atom stereocenters. The molecule has 2 fully saturated rings. The summed E-state index contributed by atoms with van der Waals surface area (Å²) >= 11 is 0. The minimum atomic E-state index is -0.708. The molecule has 18 heavy (non-hydrogen) atoms. The number of hydrogen-bond donors (Lipinski definition) is 3. The summed E-state index contributed by atoms with van der Waals surface area (Å²) in [4.78, 5) is 22.6. The number of amides is 2. The number of carboxylic acids is 1. The van der Waals surface area contributed by atoms with Crippen molar-refractivity contribution in [1.29, 1.82) is 0 Å². The quantitative estimate of drug-likeness (QED) is 0.716. The summed E-state index contributed by atoms with van der Waals surface area (Å²) in [5.41, 5.74) is 0.0440. The van der Waals surface area contributed by atoms with Crippen LogP contribution < -0.4 is 10.6 Å². The monoisotopic (exact) mass is 254 g/mol. The molecule has 5 nitrogen and oxygen atoms in total. The Morgan fingerprint density at radius 1 is 1.22 bits per heavy atom. The summed E-state index contributed by atoms with van der Waals surface area (Å²) in [6, 6.07) is 0.0429. The van der Waals surface area contributed by atoms with Crippen LogP contribution in [0, 0.1) is 5.92 Å². The molecule has 0 spiro atoms. The fraction of sp³-hybridized carbons (Fsp3) is 0.846. The second-order valence-corrected chi connectivity index (χ2v) is 5.62. The van der Waals surface area contributed by atoms with Crippen LogP contribution in [0.3, 0.4) is 0 Å². The van der Waals surface area contributed by atoms with Crippen molar-refractivity contribution in [3.8, 4) is 0 Å². The summed E-state index contributed by atoms with van der Waals surface area (Å²) < 4.78 is 0. The highest BCUT2D eigenvalue weighted by Gasteiger charge is 2.42. The second kappa shape index (κ2) is 5.16. The van der Waals surface area contributed by atoms with E-state index in [4.69, 9.17) is 5.11 Å². The van der Waals surface area contributed by atoms with E-state index in [0.717, 1.165) is 32.1 Å². The van der Waals surface area contributed by atoms with Crippen LogP contribution in [0.2, 0.25) is 0 Å². The van der Waals surface area contributed by atoms with Gasteiger partial charge in [-0.15, -0.1) is 0 Å². The Morgan fingerprint density at radius 2 is 1.83 bits per heavy atom. The van der Waals surface area contributed by atoms with Crippen LogP contribution in [0.4, 0.5) is 4.79 Å². The molecule has 0 atom stereocenters. The fourth-order valence-electron chi connectivity index (χ4n) is 2.66. The topological polar surface area (TPSA) is 78.4 Å². The van der Waals surface area contributed by atoms with Crippen LogP contribution in [0.5, 0.6) is 0 Å². The van der Waals surface area contributed by atoms with Gasteiger partial charge in [0.15, 0.2) is 0 Å². The first kappa shape index (κ1) is 13.2. The van der Waals surface area contributed by atoms with Gasteiger partial charge < -0.3 is 15.7 Å². The highest BCUT2D eigenvalue weighted by molar-refractivity contribution is 5.75. The van der Waals surface area contributed by atoms with E-state index in [1.54, 1.807) is 0 Å². The Labute approximate surface area is 107 Å². The van der Waals surface area contributed by atoms with Gasteiger partial charge in [-0.25, -0.2) is 4.79 Å². The van der Waals surface area contributed by atoms with E-state index in [0.29, 0.717) is 12.8 Å². The molecule has 0 heterocycles. The Bertz CT molecular complexity index is 331. The average molecular weight is 254 g/mol. The van der Waals surface area contributed by atoms with Gasteiger partial charge in [0, 0.05) is 11.6 Å². The first-order valence-electron chi connectivity index (χ1n) is 6.86. The third-order valence-electron chi connectivity index (χ3n) is 4.32. The molecule has 0 radical (unpaired) electrons. The van der Waals surface area contributed by atoms with Crippen molar-refractivity contribution < 1.29 is 14.7 Å². The Kier molecular flexibility index (Phi) is 3.78. The lowest BCUT2D eigenvalue weighted by Crippen LogP contribution is -2.48. The van der Waals surface area contributed by atoms with Crippen LogP contribution in [0.15, 0.2) is 0 Å². The second-order valence-electron chi connectivity index (χ2n) is 5.62. The third-order valence-corrected chi connectivity index (χ3v) is 4.32.